The Balaban J connectivity index is 1.51. The third kappa shape index (κ3) is 2.96. The highest BCUT2D eigenvalue weighted by Gasteiger charge is 2.32. The molecule has 3 nitrogen and oxygen atoms in total. The number of hydrogen-bond acceptors (Lipinski definition) is 3. The van der Waals surface area contributed by atoms with Crippen LogP contribution in [0.3, 0.4) is 0 Å². The molecule has 25 heavy (non-hydrogen) atoms. The van der Waals surface area contributed by atoms with Crippen molar-refractivity contribution in [3.05, 3.63) is 70.2 Å². The van der Waals surface area contributed by atoms with Gasteiger partial charge < -0.3 is 4.90 Å². The van der Waals surface area contributed by atoms with E-state index in [-0.39, 0.29) is 23.4 Å². The van der Waals surface area contributed by atoms with Crippen molar-refractivity contribution in [3.8, 4) is 0 Å². The van der Waals surface area contributed by atoms with Crippen LogP contribution in [-0.4, -0.2) is 29.7 Å². The van der Waals surface area contributed by atoms with Gasteiger partial charge >= 0.3 is 0 Å². The van der Waals surface area contributed by atoms with Crippen LogP contribution in [0, 0.1) is 11.7 Å². The summed E-state index contributed by atoms with van der Waals surface area (Å²) < 4.78 is 13.0. The van der Waals surface area contributed by atoms with E-state index in [1.165, 1.54) is 35.6 Å². The Hall–Kier alpha value is -2.53. The maximum atomic E-state index is 13.0. The number of likely N-dealkylation sites (tertiary alicyclic amines) is 1. The van der Waals surface area contributed by atoms with E-state index in [0.717, 1.165) is 15.6 Å². The lowest BCUT2D eigenvalue weighted by molar-refractivity contribution is 0.0786. The van der Waals surface area contributed by atoms with E-state index in [4.69, 9.17) is 0 Å². The molecule has 2 heterocycles. The lowest BCUT2D eigenvalue weighted by Gasteiger charge is -2.15. The predicted octanol–water partition coefficient (Wildman–Crippen LogP) is 4.39. The molecule has 1 aliphatic rings. The number of nitrogens with zero attached hydrogens (tertiary/aromatic N) is 1. The molecule has 1 aromatic heterocycles. The molecular weight excluding hydrogens is 337 g/mol. The van der Waals surface area contributed by atoms with Gasteiger partial charge in [0.1, 0.15) is 5.82 Å². The zero-order valence-corrected chi connectivity index (χ0v) is 14.3. The molecule has 4 rings (SSSR count). The standard InChI is InChI=1S/C20H16FNO2S/c21-16-7-5-13(6-8-16)18(23)14-9-10-22(11-14)20(24)19-17-4-2-1-3-15(17)12-25-19/h1-8,12,14H,9-11H2/t14-/m0/s1. The van der Waals surface area contributed by atoms with E-state index in [2.05, 4.69) is 0 Å². The van der Waals surface area contributed by atoms with Crippen LogP contribution >= 0.6 is 11.3 Å². The van der Waals surface area contributed by atoms with Crippen molar-refractivity contribution in [2.75, 3.05) is 13.1 Å². The molecule has 1 fully saturated rings. The fraction of sp³-hybridized carbons (Fsp3) is 0.200. The van der Waals surface area contributed by atoms with Crippen LogP contribution in [0.2, 0.25) is 0 Å². The summed E-state index contributed by atoms with van der Waals surface area (Å²) in [5, 5.41) is 4.01. The van der Waals surface area contributed by atoms with Crippen molar-refractivity contribution in [2.45, 2.75) is 6.42 Å². The second-order valence-corrected chi connectivity index (χ2v) is 7.14. The quantitative estimate of drug-likeness (QED) is 0.655. The second-order valence-electron chi connectivity index (χ2n) is 6.26. The van der Waals surface area contributed by atoms with Crippen molar-refractivity contribution in [1.29, 1.82) is 0 Å². The fourth-order valence-electron chi connectivity index (χ4n) is 3.31. The van der Waals surface area contributed by atoms with E-state index in [0.29, 0.717) is 25.1 Å². The summed E-state index contributed by atoms with van der Waals surface area (Å²) in [7, 11) is 0. The first kappa shape index (κ1) is 16.0. The number of carbonyl (C=O) groups excluding carboxylic acids is 2. The average Bonchev–Trinajstić information content (AvgIpc) is 3.29. The number of hydrogen-bond donors (Lipinski definition) is 0. The van der Waals surface area contributed by atoms with Gasteiger partial charge in [0.2, 0.25) is 0 Å². The highest BCUT2D eigenvalue weighted by Crippen LogP contribution is 2.29. The Morgan fingerprint density at radius 2 is 1.84 bits per heavy atom. The van der Waals surface area contributed by atoms with Gasteiger partial charge in [-0.05, 0) is 41.5 Å². The van der Waals surface area contributed by atoms with Gasteiger partial charge in [-0.1, -0.05) is 24.3 Å². The van der Waals surface area contributed by atoms with Gasteiger partial charge in [-0.3, -0.25) is 9.59 Å². The van der Waals surface area contributed by atoms with Crippen LogP contribution in [0.1, 0.15) is 26.5 Å². The third-order valence-electron chi connectivity index (χ3n) is 4.68. The lowest BCUT2D eigenvalue weighted by atomic mass is 9.97. The first-order valence-electron chi connectivity index (χ1n) is 8.19. The number of carbonyl (C=O) groups is 2. The summed E-state index contributed by atoms with van der Waals surface area (Å²) in [6, 6.07) is 13.4. The van der Waals surface area contributed by atoms with Crippen LogP contribution in [0.4, 0.5) is 4.39 Å². The van der Waals surface area contributed by atoms with Crippen molar-refractivity contribution in [2.24, 2.45) is 5.92 Å². The summed E-state index contributed by atoms with van der Waals surface area (Å²) in [4.78, 5) is 27.9. The maximum absolute atomic E-state index is 13.0. The summed E-state index contributed by atoms with van der Waals surface area (Å²) in [5.41, 5.74) is 0.502. The number of halogens is 1. The van der Waals surface area contributed by atoms with Crippen molar-refractivity contribution < 1.29 is 14.0 Å². The minimum absolute atomic E-state index is 0.0133. The molecule has 5 heteroatoms. The van der Waals surface area contributed by atoms with E-state index in [1.54, 1.807) is 4.90 Å². The Kier molecular flexibility index (Phi) is 4.09. The Bertz CT molecular complexity index is 948. The second kappa shape index (κ2) is 6.41. The molecule has 0 N–H and O–H groups in total. The highest BCUT2D eigenvalue weighted by atomic mass is 32.1. The molecule has 0 unspecified atom stereocenters. The van der Waals surface area contributed by atoms with Crippen molar-refractivity contribution >= 4 is 33.8 Å². The van der Waals surface area contributed by atoms with Gasteiger partial charge in [0.05, 0.1) is 4.88 Å². The van der Waals surface area contributed by atoms with Crippen LogP contribution in [-0.2, 0) is 0 Å². The number of amides is 1. The largest absolute Gasteiger partial charge is 0.337 e. The van der Waals surface area contributed by atoms with Gasteiger partial charge in [0, 0.05) is 30.0 Å². The van der Waals surface area contributed by atoms with Crippen LogP contribution in [0.5, 0.6) is 0 Å². The normalized spacial score (nSPS) is 17.2. The van der Waals surface area contributed by atoms with Crippen LogP contribution in [0.25, 0.3) is 10.8 Å². The van der Waals surface area contributed by atoms with Crippen LogP contribution < -0.4 is 0 Å². The molecular formula is C20H16FNO2S. The third-order valence-corrected chi connectivity index (χ3v) is 5.68. The first-order chi connectivity index (χ1) is 12.1. The van der Waals surface area contributed by atoms with Crippen LogP contribution in [0.15, 0.2) is 53.9 Å². The number of fused-ring (bicyclic) bond motifs is 1. The topological polar surface area (TPSA) is 37.4 Å². The zero-order valence-electron chi connectivity index (χ0n) is 13.4. The van der Waals surface area contributed by atoms with Crippen molar-refractivity contribution in [1.82, 2.24) is 4.90 Å². The highest BCUT2D eigenvalue weighted by molar-refractivity contribution is 7.13. The number of Topliss-reactive ketones (excluding diaryl/α,β-unsaturated/α-hetero) is 1. The summed E-state index contributed by atoms with van der Waals surface area (Å²) in [5.74, 6) is -0.614. The minimum atomic E-state index is -0.357. The molecule has 0 spiro atoms. The number of rotatable bonds is 3. The average molecular weight is 353 g/mol. The molecule has 0 radical (unpaired) electrons. The van der Waals surface area contributed by atoms with Gasteiger partial charge in [-0.2, -0.15) is 0 Å². The summed E-state index contributed by atoms with van der Waals surface area (Å²) in [6.07, 6.45) is 0.644. The van der Waals surface area contributed by atoms with E-state index in [1.807, 2.05) is 29.6 Å². The Labute approximate surface area is 148 Å². The number of benzene rings is 2. The maximum Gasteiger partial charge on any atom is 0.264 e. The molecule has 1 aliphatic heterocycles. The molecule has 1 amide bonds. The van der Waals surface area contributed by atoms with Gasteiger partial charge in [0.25, 0.3) is 5.91 Å². The van der Waals surface area contributed by atoms with Gasteiger partial charge in [-0.25, -0.2) is 4.39 Å². The molecule has 0 saturated carbocycles. The Morgan fingerprint density at radius 3 is 2.64 bits per heavy atom. The monoisotopic (exact) mass is 353 g/mol. The molecule has 3 aromatic rings. The number of thiophene rings is 1. The molecule has 2 aromatic carbocycles. The van der Waals surface area contributed by atoms with E-state index < -0.39 is 0 Å². The lowest BCUT2D eigenvalue weighted by Crippen LogP contribution is -2.29. The molecule has 1 saturated heterocycles. The molecule has 0 aliphatic carbocycles. The number of ketones is 1. The smallest absolute Gasteiger partial charge is 0.264 e. The van der Waals surface area contributed by atoms with E-state index in [9.17, 15) is 14.0 Å². The van der Waals surface area contributed by atoms with Gasteiger partial charge in [-0.15, -0.1) is 11.3 Å². The molecule has 1 atom stereocenters. The Morgan fingerprint density at radius 1 is 1.08 bits per heavy atom. The molecule has 126 valence electrons. The first-order valence-corrected chi connectivity index (χ1v) is 9.07. The molecule has 0 bridgehead atoms. The van der Waals surface area contributed by atoms with Gasteiger partial charge in [0.15, 0.2) is 5.78 Å². The summed E-state index contributed by atoms with van der Waals surface area (Å²) >= 11 is 1.45. The SMILES string of the molecule is O=C(c1ccc(F)cc1)[C@H]1CCN(C(=O)c2scc3ccccc23)C1. The zero-order chi connectivity index (χ0) is 17.4. The minimum Gasteiger partial charge on any atom is -0.337 e. The van der Waals surface area contributed by atoms with Crippen molar-refractivity contribution in [3.63, 3.8) is 0 Å². The summed E-state index contributed by atoms with van der Waals surface area (Å²) in [6.45, 7) is 0.990. The van der Waals surface area contributed by atoms with E-state index >= 15 is 0 Å². The predicted molar refractivity (Wildman–Crippen MR) is 96.6 cm³/mol. The fourth-order valence-corrected chi connectivity index (χ4v) is 4.30.